The summed E-state index contributed by atoms with van der Waals surface area (Å²) in [6, 6.07) is 12.6. The lowest BCUT2D eigenvalue weighted by Gasteiger charge is -2.29. The highest BCUT2D eigenvalue weighted by molar-refractivity contribution is 7.89. The lowest BCUT2D eigenvalue weighted by molar-refractivity contribution is 0.0849. The number of hydrogen-bond donors (Lipinski definition) is 1. The topological polar surface area (TPSA) is 64.1 Å². The van der Waals surface area contributed by atoms with Gasteiger partial charge in [0.15, 0.2) is 0 Å². The second-order valence-electron chi connectivity index (χ2n) is 7.51. The highest BCUT2D eigenvalue weighted by atomic mass is 32.2. The molecule has 28 heavy (non-hydrogen) atoms. The molecule has 0 aliphatic carbocycles. The highest BCUT2D eigenvalue weighted by Gasteiger charge is 2.41. The molecule has 0 unspecified atom stereocenters. The van der Waals surface area contributed by atoms with Crippen LogP contribution in [0.1, 0.15) is 11.3 Å². The lowest BCUT2D eigenvalue weighted by atomic mass is 10.2. The number of sulfonamides is 1. The minimum atomic E-state index is -3.56. The molecule has 2 aliphatic rings. The van der Waals surface area contributed by atoms with E-state index in [1.807, 2.05) is 0 Å². The number of aliphatic hydroxyl groups excluding tert-OH is 1. The summed E-state index contributed by atoms with van der Waals surface area (Å²) in [6.45, 7) is 5.19. The second-order valence-corrected chi connectivity index (χ2v) is 10.5. The van der Waals surface area contributed by atoms with Crippen LogP contribution >= 0.6 is 11.3 Å². The zero-order chi connectivity index (χ0) is 19.6. The van der Waals surface area contributed by atoms with E-state index in [9.17, 15) is 13.5 Å². The van der Waals surface area contributed by atoms with Crippen molar-refractivity contribution in [2.75, 3.05) is 39.3 Å². The Labute approximate surface area is 171 Å². The first-order valence-corrected chi connectivity index (χ1v) is 12.1. The van der Waals surface area contributed by atoms with E-state index in [2.05, 4.69) is 27.3 Å². The van der Waals surface area contributed by atoms with Crippen molar-refractivity contribution in [1.29, 1.82) is 0 Å². The van der Waals surface area contributed by atoms with Crippen molar-refractivity contribution in [2.45, 2.75) is 30.0 Å². The van der Waals surface area contributed by atoms with Gasteiger partial charge in [-0.3, -0.25) is 9.80 Å². The molecular formula is C20H27N3O3S2. The Bertz CT molecular complexity index is 858. The minimum absolute atomic E-state index is 0.139. The van der Waals surface area contributed by atoms with Crippen LogP contribution in [0.25, 0.3) is 0 Å². The molecule has 1 aromatic heterocycles. The van der Waals surface area contributed by atoms with E-state index in [-0.39, 0.29) is 12.6 Å². The summed E-state index contributed by atoms with van der Waals surface area (Å²) in [5.41, 5.74) is 0. The number of aliphatic hydroxyl groups is 1. The molecule has 2 atom stereocenters. The summed E-state index contributed by atoms with van der Waals surface area (Å²) in [5, 5.41) is 12.7. The fraction of sp³-hybridized carbons (Fsp3) is 0.500. The predicted molar refractivity (Wildman–Crippen MR) is 111 cm³/mol. The Morgan fingerprint density at radius 1 is 1.00 bits per heavy atom. The summed E-state index contributed by atoms with van der Waals surface area (Å²) in [5.74, 6) is 0. The second kappa shape index (κ2) is 8.61. The van der Waals surface area contributed by atoms with Crippen LogP contribution in [0, 0.1) is 0 Å². The average Bonchev–Trinajstić information content (AvgIpc) is 3.28. The highest BCUT2D eigenvalue weighted by Crippen LogP contribution is 2.25. The first-order valence-electron chi connectivity index (χ1n) is 9.76. The molecular weight excluding hydrogens is 394 g/mol. The Balaban J connectivity index is 1.39. The maximum absolute atomic E-state index is 12.9. The largest absolute Gasteiger partial charge is 0.390 e. The molecule has 6 nitrogen and oxygen atoms in total. The fourth-order valence-corrected chi connectivity index (χ4v) is 6.38. The maximum Gasteiger partial charge on any atom is 0.243 e. The van der Waals surface area contributed by atoms with Gasteiger partial charge in [-0.2, -0.15) is 4.31 Å². The smallest absolute Gasteiger partial charge is 0.243 e. The molecule has 152 valence electrons. The van der Waals surface area contributed by atoms with E-state index >= 15 is 0 Å². The van der Waals surface area contributed by atoms with Gasteiger partial charge in [0, 0.05) is 37.6 Å². The quantitative estimate of drug-likeness (QED) is 0.796. The van der Waals surface area contributed by atoms with Gasteiger partial charge in [0.1, 0.15) is 0 Å². The third-order valence-corrected chi connectivity index (χ3v) is 8.37. The molecule has 1 aromatic carbocycles. The van der Waals surface area contributed by atoms with Crippen LogP contribution in [0.3, 0.4) is 0 Å². The van der Waals surface area contributed by atoms with Crippen LogP contribution in [0.4, 0.5) is 0 Å². The average molecular weight is 422 g/mol. The Kier molecular flexibility index (Phi) is 6.15. The molecule has 4 rings (SSSR count). The van der Waals surface area contributed by atoms with Crippen LogP contribution < -0.4 is 0 Å². The van der Waals surface area contributed by atoms with Crippen LogP contribution in [-0.4, -0.2) is 79.0 Å². The summed E-state index contributed by atoms with van der Waals surface area (Å²) in [6.07, 6.45) is 0.377. The van der Waals surface area contributed by atoms with Gasteiger partial charge < -0.3 is 5.11 Å². The van der Waals surface area contributed by atoms with E-state index in [1.165, 1.54) is 9.18 Å². The van der Waals surface area contributed by atoms with E-state index in [4.69, 9.17) is 0 Å². The predicted octanol–water partition coefficient (Wildman–Crippen LogP) is 1.69. The number of thiophene rings is 1. The molecule has 0 bridgehead atoms. The molecule has 0 radical (unpaired) electrons. The van der Waals surface area contributed by atoms with Crippen molar-refractivity contribution in [2.24, 2.45) is 0 Å². The van der Waals surface area contributed by atoms with E-state index in [1.54, 1.807) is 41.7 Å². The van der Waals surface area contributed by atoms with Gasteiger partial charge in [-0.05, 0) is 43.1 Å². The summed E-state index contributed by atoms with van der Waals surface area (Å²) >= 11 is 1.78. The van der Waals surface area contributed by atoms with E-state index in [0.717, 1.165) is 39.1 Å². The van der Waals surface area contributed by atoms with Gasteiger partial charge in [-0.1, -0.05) is 24.3 Å². The van der Waals surface area contributed by atoms with Gasteiger partial charge in [-0.25, -0.2) is 8.42 Å². The number of nitrogens with zero attached hydrogens (tertiary/aromatic N) is 3. The van der Waals surface area contributed by atoms with Crippen molar-refractivity contribution in [3.63, 3.8) is 0 Å². The molecule has 2 aliphatic heterocycles. The summed E-state index contributed by atoms with van der Waals surface area (Å²) in [4.78, 5) is 6.39. The Morgan fingerprint density at radius 2 is 1.82 bits per heavy atom. The molecule has 1 N–H and O–H groups in total. The lowest BCUT2D eigenvalue weighted by Crippen LogP contribution is -2.45. The zero-order valence-electron chi connectivity index (χ0n) is 15.9. The molecule has 2 fully saturated rings. The van der Waals surface area contributed by atoms with Gasteiger partial charge >= 0.3 is 0 Å². The summed E-state index contributed by atoms with van der Waals surface area (Å²) < 4.78 is 27.2. The maximum atomic E-state index is 12.9. The van der Waals surface area contributed by atoms with Crippen LogP contribution in [0.15, 0.2) is 52.7 Å². The van der Waals surface area contributed by atoms with Crippen molar-refractivity contribution >= 4 is 21.4 Å². The van der Waals surface area contributed by atoms with Gasteiger partial charge in [0.2, 0.25) is 10.0 Å². The van der Waals surface area contributed by atoms with Gasteiger partial charge in [0.25, 0.3) is 0 Å². The monoisotopic (exact) mass is 421 g/mol. The van der Waals surface area contributed by atoms with Crippen LogP contribution in [-0.2, 0) is 16.6 Å². The Morgan fingerprint density at radius 3 is 2.57 bits per heavy atom. The van der Waals surface area contributed by atoms with Crippen molar-refractivity contribution in [1.82, 2.24) is 14.1 Å². The molecule has 3 heterocycles. The third-order valence-electron chi connectivity index (χ3n) is 5.66. The van der Waals surface area contributed by atoms with Crippen LogP contribution in [0.2, 0.25) is 0 Å². The third kappa shape index (κ3) is 4.32. The number of benzene rings is 1. The molecule has 0 amide bonds. The Hall–Kier alpha value is -1.29. The van der Waals surface area contributed by atoms with Crippen molar-refractivity contribution < 1.29 is 13.5 Å². The minimum Gasteiger partial charge on any atom is -0.390 e. The van der Waals surface area contributed by atoms with Crippen molar-refractivity contribution in [3.05, 3.63) is 52.7 Å². The van der Waals surface area contributed by atoms with E-state index < -0.39 is 16.1 Å². The summed E-state index contributed by atoms with van der Waals surface area (Å²) in [7, 11) is -3.56. The first kappa shape index (κ1) is 20.0. The van der Waals surface area contributed by atoms with Gasteiger partial charge in [0.05, 0.1) is 17.0 Å². The van der Waals surface area contributed by atoms with Gasteiger partial charge in [-0.15, -0.1) is 11.3 Å². The molecule has 8 heteroatoms. The fourth-order valence-electron chi connectivity index (χ4n) is 4.14. The molecule has 2 aromatic rings. The zero-order valence-corrected chi connectivity index (χ0v) is 17.5. The number of hydrogen-bond acceptors (Lipinski definition) is 6. The SMILES string of the molecule is O=S(=O)(c1ccccc1)N1C[C@H](O)[C@@H](N2CCCN(Cc3cccs3)CC2)C1. The normalized spacial score (nSPS) is 25.8. The molecule has 0 saturated carbocycles. The standard InChI is InChI=1S/C20H27N3O3S2/c24-20-16-23(28(25,26)18-7-2-1-3-8-18)15-19(20)22-10-5-9-21(11-12-22)14-17-6-4-13-27-17/h1-4,6-8,13,19-20,24H,5,9-12,14-16H2/t19-,20-/m0/s1. The van der Waals surface area contributed by atoms with Crippen molar-refractivity contribution in [3.8, 4) is 0 Å². The molecule has 2 saturated heterocycles. The number of rotatable bonds is 5. The van der Waals surface area contributed by atoms with E-state index in [0.29, 0.717) is 11.4 Å². The first-order chi connectivity index (χ1) is 13.5. The van der Waals surface area contributed by atoms with Crippen LogP contribution in [0.5, 0.6) is 0 Å². The molecule has 0 spiro atoms. The number of β-amino-alcohol motifs (C(OH)–C–C–N with tert-alkyl or cyclic N) is 1.